The topological polar surface area (TPSA) is 37.3 Å². The van der Waals surface area contributed by atoms with Crippen LogP contribution in [0.5, 0.6) is 5.75 Å². The summed E-state index contributed by atoms with van der Waals surface area (Å²) in [6.07, 6.45) is 0.412. The zero-order chi connectivity index (χ0) is 13.8. The van der Waals surface area contributed by atoms with Gasteiger partial charge in [-0.3, -0.25) is 0 Å². The summed E-state index contributed by atoms with van der Waals surface area (Å²) in [4.78, 5) is 1.33. The first-order valence-electron chi connectivity index (χ1n) is 6.01. The molecule has 0 saturated carbocycles. The lowest BCUT2D eigenvalue weighted by Crippen LogP contribution is -1.99. The van der Waals surface area contributed by atoms with Crippen LogP contribution in [0.25, 0.3) is 0 Å². The molecule has 2 nitrogen and oxygen atoms in total. The fraction of sp³-hybridized carbons (Fsp3) is 0.125. The van der Waals surface area contributed by atoms with E-state index in [4.69, 9.17) is 0 Å². The summed E-state index contributed by atoms with van der Waals surface area (Å²) in [7, 11) is -1.25. The molecule has 1 atom stereocenters. The highest BCUT2D eigenvalue weighted by atomic mass is 32.2. The Morgan fingerprint density at radius 3 is 2.58 bits per heavy atom. The normalized spacial score (nSPS) is 12.1. The van der Waals surface area contributed by atoms with Crippen LogP contribution in [0.15, 0.2) is 64.9 Å². The van der Waals surface area contributed by atoms with Crippen molar-refractivity contribution in [3.8, 4) is 5.75 Å². The first-order valence-corrected chi connectivity index (χ1v) is 7.16. The molecule has 0 amide bonds. The zero-order valence-electron chi connectivity index (χ0n) is 10.8. The maximum absolute atomic E-state index is 12.3. The van der Waals surface area contributed by atoms with E-state index in [2.05, 4.69) is 6.58 Å². The Balaban J connectivity index is 2.18. The van der Waals surface area contributed by atoms with Gasteiger partial charge in [0.05, 0.1) is 10.8 Å². The maximum Gasteiger partial charge on any atom is 0.119 e. The second kappa shape index (κ2) is 5.85. The van der Waals surface area contributed by atoms with Crippen LogP contribution in [0.3, 0.4) is 0 Å². The van der Waals surface area contributed by atoms with Crippen molar-refractivity contribution < 1.29 is 9.32 Å². The summed E-state index contributed by atoms with van der Waals surface area (Å²) >= 11 is 0. The van der Waals surface area contributed by atoms with Crippen molar-refractivity contribution in [3.63, 3.8) is 0 Å². The van der Waals surface area contributed by atoms with Gasteiger partial charge >= 0.3 is 0 Å². The summed E-state index contributed by atoms with van der Waals surface area (Å²) in [5, 5.41) is 9.80. The molecule has 98 valence electrons. The smallest absolute Gasteiger partial charge is 0.119 e. The summed E-state index contributed by atoms with van der Waals surface area (Å²) in [5.41, 5.74) is 1.82. The molecule has 2 aromatic rings. The lowest BCUT2D eigenvalue weighted by atomic mass is 10.1. The molecular weight excluding hydrogens is 256 g/mol. The Morgan fingerprint density at radius 1 is 1.21 bits per heavy atom. The molecule has 1 unspecified atom stereocenters. The van der Waals surface area contributed by atoms with E-state index in [1.165, 1.54) is 0 Å². The van der Waals surface area contributed by atoms with E-state index < -0.39 is 10.8 Å². The fourth-order valence-corrected chi connectivity index (χ4v) is 2.87. The average Bonchev–Trinajstić information content (AvgIpc) is 2.43. The predicted molar refractivity (Wildman–Crippen MR) is 78.5 cm³/mol. The number of hydrogen-bond donors (Lipinski definition) is 1. The second-order valence-corrected chi connectivity index (χ2v) is 6.02. The van der Waals surface area contributed by atoms with E-state index in [0.717, 1.165) is 16.0 Å². The van der Waals surface area contributed by atoms with E-state index >= 15 is 0 Å². The zero-order valence-corrected chi connectivity index (χ0v) is 11.6. The van der Waals surface area contributed by atoms with E-state index in [0.29, 0.717) is 11.3 Å². The molecule has 0 aliphatic heterocycles. The molecule has 0 bridgehead atoms. The Kier molecular flexibility index (Phi) is 4.17. The summed E-state index contributed by atoms with van der Waals surface area (Å²) in [5.74, 6) is 0.219. The van der Waals surface area contributed by atoms with E-state index in [1.807, 2.05) is 49.4 Å². The van der Waals surface area contributed by atoms with Crippen molar-refractivity contribution >= 4 is 10.8 Å². The molecular formula is C16H16O2S. The highest BCUT2D eigenvalue weighted by Crippen LogP contribution is 2.24. The van der Waals surface area contributed by atoms with E-state index in [1.54, 1.807) is 6.07 Å². The van der Waals surface area contributed by atoms with Gasteiger partial charge in [-0.1, -0.05) is 42.5 Å². The van der Waals surface area contributed by atoms with Gasteiger partial charge in [-0.25, -0.2) is 4.21 Å². The minimum absolute atomic E-state index is 0.219. The van der Waals surface area contributed by atoms with Crippen molar-refractivity contribution in [3.05, 3.63) is 71.1 Å². The van der Waals surface area contributed by atoms with Crippen molar-refractivity contribution in [1.82, 2.24) is 0 Å². The third-order valence-corrected chi connectivity index (χ3v) is 4.21. The molecule has 0 heterocycles. The molecule has 0 fully saturated rings. The first-order chi connectivity index (χ1) is 9.08. The van der Waals surface area contributed by atoms with Gasteiger partial charge in [0.1, 0.15) is 5.75 Å². The van der Waals surface area contributed by atoms with Gasteiger partial charge in [0.15, 0.2) is 0 Å². The van der Waals surface area contributed by atoms with Crippen LogP contribution in [-0.2, 0) is 17.2 Å². The number of aromatic hydroxyl groups is 1. The van der Waals surface area contributed by atoms with Crippen molar-refractivity contribution in [2.24, 2.45) is 0 Å². The highest BCUT2D eigenvalue weighted by molar-refractivity contribution is 7.89. The summed E-state index contributed by atoms with van der Waals surface area (Å²) < 4.78 is 12.3. The van der Waals surface area contributed by atoms with Crippen LogP contribution in [0.1, 0.15) is 11.1 Å². The standard InChI is InChI=1S/C16H16O2S/c1-12-8-9-16(17)14(10-12)11-13(2)19(18)15-6-4-3-5-7-15/h3-10,17H,2,11H2,1H3. The van der Waals surface area contributed by atoms with Crippen LogP contribution in [-0.4, -0.2) is 9.32 Å². The maximum atomic E-state index is 12.3. The van der Waals surface area contributed by atoms with Crippen molar-refractivity contribution in [1.29, 1.82) is 0 Å². The number of phenols is 1. The number of allylic oxidation sites excluding steroid dienone is 1. The molecule has 0 aliphatic carbocycles. The largest absolute Gasteiger partial charge is 0.508 e. The number of phenolic OH excluding ortho intramolecular Hbond substituents is 1. The molecule has 0 aromatic heterocycles. The SMILES string of the molecule is C=C(Cc1cc(C)ccc1O)S(=O)c1ccccc1. The van der Waals surface area contributed by atoms with Crippen molar-refractivity contribution in [2.75, 3.05) is 0 Å². The Bertz CT molecular complexity index is 618. The van der Waals surface area contributed by atoms with Gasteiger partial charge < -0.3 is 5.11 Å². The van der Waals surface area contributed by atoms with Gasteiger partial charge in [0.2, 0.25) is 0 Å². The van der Waals surface area contributed by atoms with Crippen LogP contribution in [0.4, 0.5) is 0 Å². The molecule has 19 heavy (non-hydrogen) atoms. The second-order valence-electron chi connectivity index (χ2n) is 4.43. The average molecular weight is 272 g/mol. The monoisotopic (exact) mass is 272 g/mol. The molecule has 2 rings (SSSR count). The van der Waals surface area contributed by atoms with Gasteiger partial charge in [-0.2, -0.15) is 0 Å². The Morgan fingerprint density at radius 2 is 1.89 bits per heavy atom. The Hall–Kier alpha value is -1.87. The van der Waals surface area contributed by atoms with E-state index in [9.17, 15) is 9.32 Å². The minimum atomic E-state index is -1.25. The number of hydrogen-bond acceptors (Lipinski definition) is 2. The first kappa shape index (κ1) is 13.6. The number of aryl methyl sites for hydroxylation is 1. The minimum Gasteiger partial charge on any atom is -0.508 e. The fourth-order valence-electron chi connectivity index (χ4n) is 1.84. The molecule has 2 aromatic carbocycles. The van der Waals surface area contributed by atoms with Gasteiger partial charge in [0, 0.05) is 16.2 Å². The highest BCUT2D eigenvalue weighted by Gasteiger charge is 2.11. The molecule has 0 aliphatic rings. The van der Waals surface area contributed by atoms with Gasteiger partial charge in [0.25, 0.3) is 0 Å². The van der Waals surface area contributed by atoms with Gasteiger partial charge in [-0.15, -0.1) is 0 Å². The molecule has 1 N–H and O–H groups in total. The molecule has 0 saturated heterocycles. The number of benzene rings is 2. The quantitative estimate of drug-likeness (QED) is 0.924. The lowest BCUT2D eigenvalue weighted by molar-refractivity contribution is 0.469. The van der Waals surface area contributed by atoms with Crippen LogP contribution >= 0.6 is 0 Å². The predicted octanol–water partition coefficient (Wildman–Crippen LogP) is 3.56. The van der Waals surface area contributed by atoms with E-state index in [-0.39, 0.29) is 5.75 Å². The van der Waals surface area contributed by atoms with Crippen molar-refractivity contribution in [2.45, 2.75) is 18.2 Å². The Labute approximate surface area is 115 Å². The third kappa shape index (κ3) is 3.32. The van der Waals surface area contributed by atoms with Crippen LogP contribution in [0.2, 0.25) is 0 Å². The van der Waals surface area contributed by atoms with Crippen LogP contribution < -0.4 is 0 Å². The molecule has 0 spiro atoms. The lowest BCUT2D eigenvalue weighted by Gasteiger charge is -2.08. The van der Waals surface area contributed by atoms with Crippen LogP contribution in [0, 0.1) is 6.92 Å². The third-order valence-electron chi connectivity index (χ3n) is 2.84. The molecule has 0 radical (unpaired) electrons. The summed E-state index contributed by atoms with van der Waals surface area (Å²) in [6.45, 7) is 5.84. The number of rotatable bonds is 4. The van der Waals surface area contributed by atoms with Gasteiger partial charge in [-0.05, 0) is 30.7 Å². The molecule has 3 heteroatoms. The summed E-state index contributed by atoms with van der Waals surface area (Å²) in [6, 6.07) is 14.6.